The van der Waals surface area contributed by atoms with Gasteiger partial charge in [-0.1, -0.05) is 41.9 Å². The molecular formula is C40H31ClFN5O6. The van der Waals surface area contributed by atoms with E-state index in [1.54, 1.807) is 79.2 Å². The Balaban J connectivity index is 1.21. The van der Waals surface area contributed by atoms with Gasteiger partial charge in [-0.05, 0) is 84.8 Å². The number of halogens is 2. The van der Waals surface area contributed by atoms with Gasteiger partial charge in [0.05, 0.1) is 34.8 Å². The molecule has 0 aliphatic heterocycles. The maximum atomic E-state index is 13.9. The van der Waals surface area contributed by atoms with Crippen LogP contribution in [-0.4, -0.2) is 53.7 Å². The second-order valence-corrected chi connectivity index (χ2v) is 12.3. The third-order valence-corrected chi connectivity index (χ3v) is 9.06. The molecule has 2 N–H and O–H groups in total. The third kappa shape index (κ3) is 7.17. The van der Waals surface area contributed by atoms with E-state index in [9.17, 15) is 19.4 Å². The Hall–Kier alpha value is -6.53. The molecule has 11 nitrogen and oxygen atoms in total. The summed E-state index contributed by atoms with van der Waals surface area (Å²) in [5.74, 6) is -0.205. The van der Waals surface area contributed by atoms with Gasteiger partial charge in [-0.2, -0.15) is 0 Å². The highest BCUT2D eigenvalue weighted by atomic mass is 35.5. The van der Waals surface area contributed by atoms with Crippen LogP contribution in [0.1, 0.15) is 16.8 Å². The Bertz CT molecular complexity index is 2460. The molecular weight excluding hydrogens is 701 g/mol. The number of carbonyl (C=O) groups is 1. The number of phenols is 1. The van der Waals surface area contributed by atoms with Crippen molar-refractivity contribution in [3.05, 3.63) is 137 Å². The molecule has 0 aliphatic carbocycles. The molecule has 0 saturated carbocycles. The van der Waals surface area contributed by atoms with Crippen molar-refractivity contribution in [3.63, 3.8) is 0 Å². The number of methoxy groups -OCH3 is 1. The number of hydrogen-bond donors (Lipinski definition) is 2. The number of aromatic hydroxyl groups is 1. The molecule has 13 heteroatoms. The van der Waals surface area contributed by atoms with E-state index in [0.717, 1.165) is 5.56 Å². The van der Waals surface area contributed by atoms with Gasteiger partial charge in [0.2, 0.25) is 6.10 Å². The van der Waals surface area contributed by atoms with Crippen molar-refractivity contribution in [2.24, 2.45) is 0 Å². The number of carboxylic acids is 1. The van der Waals surface area contributed by atoms with Crippen LogP contribution in [0.4, 0.5) is 4.39 Å². The maximum absolute atomic E-state index is 13.9. The molecule has 7 aromatic rings. The summed E-state index contributed by atoms with van der Waals surface area (Å²) in [6.45, 7) is 1.82. The summed E-state index contributed by atoms with van der Waals surface area (Å²) in [6, 6.07) is 26.8. The maximum Gasteiger partial charge on any atom is 0.345 e. The minimum absolute atomic E-state index is 0.0578. The van der Waals surface area contributed by atoms with E-state index in [1.165, 1.54) is 24.4 Å². The standard InChI is InChI=1S/C40H31ClFN5O6/c1-23-28(15-16-30(48)35(23)41)37-36(24-11-13-26(42)14-12-24)46-34-18-20-44-40(47(34)37)53-33(39(49)50)21-25-7-3-5-9-31(25)52-22-27-17-19-43-38(45-27)29-8-4-6-10-32(29)51-2/h3-20,33,48H,21-22H2,1-2H3,(H,49,50). The molecule has 1 atom stereocenters. The van der Waals surface area contributed by atoms with Crippen molar-refractivity contribution in [2.75, 3.05) is 7.11 Å². The number of benzene rings is 4. The highest BCUT2D eigenvalue weighted by molar-refractivity contribution is 6.33. The van der Waals surface area contributed by atoms with Crippen LogP contribution in [0.3, 0.4) is 0 Å². The molecule has 1 unspecified atom stereocenters. The Morgan fingerprint density at radius 1 is 0.887 bits per heavy atom. The van der Waals surface area contributed by atoms with Crippen molar-refractivity contribution in [3.8, 4) is 57.2 Å². The Labute approximate surface area is 307 Å². The molecule has 3 aromatic heterocycles. The number of nitrogens with zero attached hydrogens (tertiary/aromatic N) is 5. The zero-order valence-electron chi connectivity index (χ0n) is 28.4. The second-order valence-electron chi connectivity index (χ2n) is 11.9. The molecule has 0 aliphatic rings. The van der Waals surface area contributed by atoms with E-state index >= 15 is 0 Å². The van der Waals surface area contributed by atoms with E-state index in [4.69, 9.17) is 30.8 Å². The summed E-state index contributed by atoms with van der Waals surface area (Å²) in [5.41, 5.74) is 4.88. The fourth-order valence-electron chi connectivity index (χ4n) is 5.94. The monoisotopic (exact) mass is 731 g/mol. The number of hydrogen-bond acceptors (Lipinski definition) is 9. The summed E-state index contributed by atoms with van der Waals surface area (Å²) in [5, 5.41) is 20.9. The molecule has 0 saturated heterocycles. The highest BCUT2D eigenvalue weighted by Crippen LogP contribution is 2.41. The third-order valence-electron chi connectivity index (χ3n) is 8.58. The lowest BCUT2D eigenvalue weighted by Crippen LogP contribution is -2.30. The van der Waals surface area contributed by atoms with Crippen molar-refractivity contribution < 1.29 is 33.6 Å². The van der Waals surface area contributed by atoms with Gasteiger partial charge in [-0.15, -0.1) is 0 Å². The highest BCUT2D eigenvalue weighted by Gasteiger charge is 2.27. The van der Waals surface area contributed by atoms with E-state index < -0.39 is 17.9 Å². The van der Waals surface area contributed by atoms with Crippen LogP contribution in [-0.2, 0) is 17.8 Å². The first-order valence-electron chi connectivity index (χ1n) is 16.4. The first-order valence-corrected chi connectivity index (χ1v) is 16.8. The quantitative estimate of drug-likeness (QED) is 0.127. The largest absolute Gasteiger partial charge is 0.506 e. The molecule has 0 fully saturated rings. The van der Waals surface area contributed by atoms with Crippen molar-refractivity contribution in [2.45, 2.75) is 26.1 Å². The first-order chi connectivity index (χ1) is 25.7. The SMILES string of the molecule is COc1ccccc1-c1nccc(COc2ccccc2CC(Oc2nccc3nc(-c4ccc(F)cc4)c(-c4ccc(O)c(Cl)c4C)n23)C(=O)O)n1. The van der Waals surface area contributed by atoms with Gasteiger partial charge in [-0.3, -0.25) is 0 Å². The average Bonchev–Trinajstić information content (AvgIpc) is 3.57. The fraction of sp³-hybridized carbons (Fsp3) is 0.125. The lowest BCUT2D eigenvalue weighted by molar-refractivity contribution is -0.145. The fourth-order valence-corrected chi connectivity index (χ4v) is 6.11. The topological polar surface area (TPSA) is 141 Å². The molecule has 0 spiro atoms. The molecule has 7 rings (SSSR count). The van der Waals surface area contributed by atoms with Crippen molar-refractivity contribution in [1.82, 2.24) is 24.3 Å². The van der Waals surface area contributed by atoms with Gasteiger partial charge in [-0.25, -0.2) is 33.5 Å². The number of ether oxygens (including phenoxy) is 3. The Morgan fingerprint density at radius 3 is 2.40 bits per heavy atom. The molecule has 53 heavy (non-hydrogen) atoms. The minimum Gasteiger partial charge on any atom is -0.506 e. The molecule has 0 amide bonds. The van der Waals surface area contributed by atoms with E-state index in [-0.39, 0.29) is 29.8 Å². The summed E-state index contributed by atoms with van der Waals surface area (Å²) in [6.07, 6.45) is 1.60. The lowest BCUT2D eigenvalue weighted by atomic mass is 10.0. The summed E-state index contributed by atoms with van der Waals surface area (Å²) < 4.78 is 33.4. The number of imidazole rings is 1. The van der Waals surface area contributed by atoms with Crippen molar-refractivity contribution in [1.29, 1.82) is 0 Å². The van der Waals surface area contributed by atoms with E-state index in [1.807, 2.05) is 24.3 Å². The van der Waals surface area contributed by atoms with Crippen LogP contribution in [0.5, 0.6) is 23.3 Å². The molecule has 0 bridgehead atoms. The van der Waals surface area contributed by atoms with Gasteiger partial charge >= 0.3 is 12.0 Å². The summed E-state index contributed by atoms with van der Waals surface area (Å²) in [4.78, 5) is 31.1. The smallest absolute Gasteiger partial charge is 0.345 e. The molecule has 3 heterocycles. The number of para-hydroxylation sites is 2. The van der Waals surface area contributed by atoms with Crippen LogP contribution in [0.15, 0.2) is 109 Å². The van der Waals surface area contributed by atoms with Crippen LogP contribution in [0.2, 0.25) is 5.02 Å². The minimum atomic E-state index is -1.41. The summed E-state index contributed by atoms with van der Waals surface area (Å²) in [7, 11) is 1.58. The second kappa shape index (κ2) is 15.0. The normalized spacial score (nSPS) is 11.7. The van der Waals surface area contributed by atoms with E-state index in [2.05, 4.69) is 15.0 Å². The average molecular weight is 732 g/mol. The Morgan fingerprint density at radius 2 is 1.62 bits per heavy atom. The summed E-state index contributed by atoms with van der Waals surface area (Å²) >= 11 is 6.48. The zero-order valence-corrected chi connectivity index (χ0v) is 29.2. The van der Waals surface area contributed by atoms with Crippen molar-refractivity contribution >= 4 is 23.2 Å². The van der Waals surface area contributed by atoms with Gasteiger partial charge in [0.25, 0.3) is 0 Å². The van der Waals surface area contributed by atoms with Crippen LogP contribution in [0.25, 0.3) is 39.5 Å². The lowest BCUT2D eigenvalue weighted by Gasteiger charge is -2.19. The molecule has 4 aromatic carbocycles. The number of carboxylic acid groups (broad SMARTS) is 1. The van der Waals surface area contributed by atoms with Crippen LogP contribution in [0, 0.1) is 12.7 Å². The first kappa shape index (κ1) is 34.9. The van der Waals surface area contributed by atoms with Gasteiger partial charge in [0.1, 0.15) is 35.3 Å². The predicted molar refractivity (Wildman–Crippen MR) is 196 cm³/mol. The molecule has 266 valence electrons. The van der Waals surface area contributed by atoms with E-state index in [0.29, 0.717) is 62.3 Å². The number of aromatic nitrogens is 5. The van der Waals surface area contributed by atoms with Gasteiger partial charge in [0, 0.05) is 29.9 Å². The van der Waals surface area contributed by atoms with Crippen LogP contribution >= 0.6 is 11.6 Å². The number of phenolic OH excluding ortho intramolecular Hbond substituents is 1. The molecule has 0 radical (unpaired) electrons. The van der Waals surface area contributed by atoms with Crippen LogP contribution < -0.4 is 14.2 Å². The number of aliphatic carboxylic acids is 1. The zero-order chi connectivity index (χ0) is 37.1. The van der Waals surface area contributed by atoms with Gasteiger partial charge in [0.15, 0.2) is 5.82 Å². The number of rotatable bonds is 12. The number of fused-ring (bicyclic) bond motifs is 1. The van der Waals surface area contributed by atoms with Gasteiger partial charge < -0.3 is 24.4 Å². The predicted octanol–water partition coefficient (Wildman–Crippen LogP) is 7.99. The Kier molecular flexibility index (Phi) is 9.87.